The van der Waals surface area contributed by atoms with Crippen molar-refractivity contribution in [3.05, 3.63) is 35.4 Å². The average Bonchev–Trinajstić information content (AvgIpc) is 2.42. The first kappa shape index (κ1) is 14.1. The Morgan fingerprint density at radius 2 is 1.89 bits per heavy atom. The molecular weight excluding hydrogens is 238 g/mol. The van der Waals surface area contributed by atoms with Crippen LogP contribution >= 0.6 is 0 Å². The van der Waals surface area contributed by atoms with Crippen LogP contribution in [0.25, 0.3) is 0 Å². The first-order chi connectivity index (χ1) is 9.06. The fourth-order valence-electron chi connectivity index (χ4n) is 2.77. The van der Waals surface area contributed by atoms with Gasteiger partial charge in [0, 0.05) is 6.54 Å². The molecule has 3 heteroatoms. The normalized spacial score (nSPS) is 24.3. The van der Waals surface area contributed by atoms with E-state index in [0.717, 1.165) is 38.8 Å². The van der Waals surface area contributed by atoms with E-state index < -0.39 is 11.5 Å². The second kappa shape index (κ2) is 5.74. The highest BCUT2D eigenvalue weighted by atomic mass is 16.4. The summed E-state index contributed by atoms with van der Waals surface area (Å²) in [6, 6.07) is 8.51. The maximum atomic E-state index is 11.5. The molecule has 104 valence electrons. The Morgan fingerprint density at radius 1 is 1.26 bits per heavy atom. The number of hydrogen-bond donors (Lipinski definition) is 1. The molecule has 2 rings (SSSR count). The number of hydrogen-bond acceptors (Lipinski definition) is 2. The lowest BCUT2D eigenvalue weighted by Crippen LogP contribution is -2.54. The summed E-state index contributed by atoms with van der Waals surface area (Å²) in [7, 11) is 0. The molecule has 1 aromatic carbocycles. The Morgan fingerprint density at radius 3 is 2.47 bits per heavy atom. The summed E-state index contributed by atoms with van der Waals surface area (Å²) >= 11 is 0. The third kappa shape index (κ3) is 2.98. The summed E-state index contributed by atoms with van der Waals surface area (Å²) in [6.07, 6.45) is 3.89. The largest absolute Gasteiger partial charge is 0.480 e. The summed E-state index contributed by atoms with van der Waals surface area (Å²) in [5.41, 5.74) is 1.82. The lowest BCUT2D eigenvalue weighted by atomic mass is 9.88. The van der Waals surface area contributed by atoms with E-state index in [4.69, 9.17) is 0 Å². The number of carboxylic acids is 1. The molecular formula is C16H23NO2. The molecule has 1 aliphatic heterocycles. The van der Waals surface area contributed by atoms with Crippen LogP contribution in [0.3, 0.4) is 0 Å². The standard InChI is InChI=1S/C16H23NO2/c1-3-13-6-8-14(9-7-13)12-17-11-5-4-10-16(17,2)15(18)19/h6-9H,3-5,10-12H2,1-2H3,(H,18,19). The molecule has 0 amide bonds. The van der Waals surface area contributed by atoms with Crippen LogP contribution in [-0.2, 0) is 17.8 Å². The van der Waals surface area contributed by atoms with Crippen LogP contribution in [0.5, 0.6) is 0 Å². The molecule has 19 heavy (non-hydrogen) atoms. The molecule has 1 heterocycles. The molecule has 0 bridgehead atoms. The number of piperidine rings is 1. The monoisotopic (exact) mass is 261 g/mol. The van der Waals surface area contributed by atoms with Gasteiger partial charge in [0.15, 0.2) is 0 Å². The second-order valence-corrected chi connectivity index (χ2v) is 5.63. The number of likely N-dealkylation sites (tertiary alicyclic amines) is 1. The van der Waals surface area contributed by atoms with Crippen molar-refractivity contribution < 1.29 is 9.90 Å². The molecule has 0 aromatic heterocycles. The van der Waals surface area contributed by atoms with Crippen molar-refractivity contribution in [2.24, 2.45) is 0 Å². The Labute approximate surface area is 115 Å². The van der Waals surface area contributed by atoms with E-state index in [-0.39, 0.29) is 0 Å². The van der Waals surface area contributed by atoms with Gasteiger partial charge in [-0.1, -0.05) is 31.2 Å². The van der Waals surface area contributed by atoms with Gasteiger partial charge < -0.3 is 5.11 Å². The van der Waals surface area contributed by atoms with Gasteiger partial charge in [-0.2, -0.15) is 0 Å². The maximum absolute atomic E-state index is 11.5. The van der Waals surface area contributed by atoms with Gasteiger partial charge in [-0.3, -0.25) is 9.69 Å². The quantitative estimate of drug-likeness (QED) is 0.905. The maximum Gasteiger partial charge on any atom is 0.323 e. The average molecular weight is 261 g/mol. The Hall–Kier alpha value is -1.35. The van der Waals surface area contributed by atoms with Crippen LogP contribution in [0.4, 0.5) is 0 Å². The summed E-state index contributed by atoms with van der Waals surface area (Å²) < 4.78 is 0. The fraction of sp³-hybridized carbons (Fsp3) is 0.562. The Kier molecular flexibility index (Phi) is 4.25. The van der Waals surface area contributed by atoms with Gasteiger partial charge in [0.25, 0.3) is 0 Å². The van der Waals surface area contributed by atoms with E-state index in [1.807, 2.05) is 6.92 Å². The van der Waals surface area contributed by atoms with Crippen molar-refractivity contribution in [2.45, 2.75) is 51.6 Å². The number of nitrogens with zero attached hydrogens (tertiary/aromatic N) is 1. The lowest BCUT2D eigenvalue weighted by Gasteiger charge is -2.41. The highest BCUT2D eigenvalue weighted by Crippen LogP contribution is 2.29. The number of benzene rings is 1. The number of carboxylic acid groups (broad SMARTS) is 1. The second-order valence-electron chi connectivity index (χ2n) is 5.63. The van der Waals surface area contributed by atoms with Gasteiger partial charge in [-0.05, 0) is 50.3 Å². The molecule has 0 aliphatic carbocycles. The molecule has 1 saturated heterocycles. The van der Waals surface area contributed by atoms with E-state index in [1.165, 1.54) is 11.1 Å². The number of aliphatic carboxylic acids is 1. The van der Waals surface area contributed by atoms with Gasteiger partial charge in [0.05, 0.1) is 0 Å². The zero-order chi connectivity index (χ0) is 13.9. The Balaban J connectivity index is 2.12. The van der Waals surface area contributed by atoms with Crippen LogP contribution < -0.4 is 0 Å². The van der Waals surface area contributed by atoms with Gasteiger partial charge in [0.2, 0.25) is 0 Å². The van der Waals surface area contributed by atoms with E-state index in [9.17, 15) is 9.90 Å². The summed E-state index contributed by atoms with van der Waals surface area (Å²) in [5, 5.41) is 9.49. The molecule has 0 saturated carbocycles. The highest BCUT2D eigenvalue weighted by Gasteiger charge is 2.40. The first-order valence-electron chi connectivity index (χ1n) is 7.12. The van der Waals surface area contributed by atoms with Crippen LogP contribution in [0, 0.1) is 0 Å². The third-order valence-corrected chi connectivity index (χ3v) is 4.30. The van der Waals surface area contributed by atoms with Crippen molar-refractivity contribution in [1.29, 1.82) is 0 Å². The molecule has 1 aromatic rings. The van der Waals surface area contributed by atoms with Crippen molar-refractivity contribution in [3.63, 3.8) is 0 Å². The molecule has 0 spiro atoms. The minimum Gasteiger partial charge on any atom is -0.480 e. The van der Waals surface area contributed by atoms with E-state index >= 15 is 0 Å². The molecule has 1 aliphatic rings. The molecule has 0 radical (unpaired) electrons. The number of rotatable bonds is 4. The predicted octanol–water partition coefficient (Wildman–Crippen LogP) is 3.08. The summed E-state index contributed by atoms with van der Waals surface area (Å²) in [4.78, 5) is 13.6. The van der Waals surface area contributed by atoms with Crippen LogP contribution in [0.2, 0.25) is 0 Å². The first-order valence-corrected chi connectivity index (χ1v) is 7.12. The SMILES string of the molecule is CCc1ccc(CN2CCCCC2(C)C(=O)O)cc1. The van der Waals surface area contributed by atoms with Crippen molar-refractivity contribution in [3.8, 4) is 0 Å². The highest BCUT2D eigenvalue weighted by molar-refractivity contribution is 5.78. The summed E-state index contributed by atoms with van der Waals surface area (Å²) in [6.45, 7) is 5.60. The van der Waals surface area contributed by atoms with E-state index in [0.29, 0.717) is 0 Å². The minimum absolute atomic E-state index is 0.697. The predicted molar refractivity (Wildman–Crippen MR) is 76.1 cm³/mol. The van der Waals surface area contributed by atoms with E-state index in [2.05, 4.69) is 36.1 Å². The molecule has 1 fully saturated rings. The van der Waals surface area contributed by atoms with Crippen LogP contribution in [0.1, 0.15) is 44.2 Å². The van der Waals surface area contributed by atoms with Crippen molar-refractivity contribution in [2.75, 3.05) is 6.54 Å². The zero-order valence-corrected chi connectivity index (χ0v) is 11.9. The minimum atomic E-state index is -0.707. The molecule has 1 N–H and O–H groups in total. The zero-order valence-electron chi connectivity index (χ0n) is 11.9. The van der Waals surface area contributed by atoms with Crippen LogP contribution in [-0.4, -0.2) is 28.1 Å². The van der Waals surface area contributed by atoms with Gasteiger partial charge >= 0.3 is 5.97 Å². The lowest BCUT2D eigenvalue weighted by molar-refractivity contribution is -0.153. The van der Waals surface area contributed by atoms with Crippen LogP contribution in [0.15, 0.2) is 24.3 Å². The smallest absolute Gasteiger partial charge is 0.323 e. The number of carbonyl (C=O) groups is 1. The van der Waals surface area contributed by atoms with Gasteiger partial charge in [0.1, 0.15) is 5.54 Å². The third-order valence-electron chi connectivity index (χ3n) is 4.30. The topological polar surface area (TPSA) is 40.5 Å². The van der Waals surface area contributed by atoms with Gasteiger partial charge in [-0.25, -0.2) is 0 Å². The molecule has 1 unspecified atom stereocenters. The molecule has 1 atom stereocenters. The fourth-order valence-corrected chi connectivity index (χ4v) is 2.77. The number of aryl methyl sites for hydroxylation is 1. The Bertz CT molecular complexity index is 441. The summed E-state index contributed by atoms with van der Waals surface area (Å²) in [5.74, 6) is -0.697. The van der Waals surface area contributed by atoms with Crippen molar-refractivity contribution >= 4 is 5.97 Å². The molecule has 3 nitrogen and oxygen atoms in total. The van der Waals surface area contributed by atoms with Crippen molar-refractivity contribution in [1.82, 2.24) is 4.90 Å². The van der Waals surface area contributed by atoms with E-state index in [1.54, 1.807) is 0 Å². The van der Waals surface area contributed by atoms with Gasteiger partial charge in [-0.15, -0.1) is 0 Å².